The van der Waals surface area contributed by atoms with E-state index in [0.29, 0.717) is 29.7 Å². The van der Waals surface area contributed by atoms with Crippen molar-refractivity contribution in [1.82, 2.24) is 9.55 Å². The third-order valence-corrected chi connectivity index (χ3v) is 4.01. The van der Waals surface area contributed by atoms with Crippen molar-refractivity contribution < 1.29 is 20.1 Å². The molecular weight excluding hydrogens is 272 g/mol. The van der Waals surface area contributed by atoms with Crippen molar-refractivity contribution in [1.29, 1.82) is 0 Å². The first kappa shape index (κ1) is 15.5. The van der Waals surface area contributed by atoms with Gasteiger partial charge in [-0.15, -0.1) is 0 Å². The normalized spacial score (nSPS) is 12.0. The highest BCUT2D eigenvalue weighted by Gasteiger charge is 2.34. The van der Waals surface area contributed by atoms with Crippen molar-refractivity contribution in [2.45, 2.75) is 32.2 Å². The quantitative estimate of drug-likeness (QED) is 0.747. The number of para-hydroxylation sites is 1. The number of aliphatic hydroxyl groups is 2. The lowest BCUT2D eigenvalue weighted by Crippen LogP contribution is -2.42. The molecule has 0 radical (unpaired) electrons. The molecule has 1 aromatic heterocycles. The van der Waals surface area contributed by atoms with Crippen molar-refractivity contribution in [2.75, 3.05) is 13.2 Å². The molecule has 0 atom stereocenters. The van der Waals surface area contributed by atoms with Crippen LogP contribution in [0.4, 0.5) is 0 Å². The number of hydrogen-bond donors (Lipinski definition) is 3. The third-order valence-electron chi connectivity index (χ3n) is 4.01. The van der Waals surface area contributed by atoms with Crippen LogP contribution >= 0.6 is 0 Å². The van der Waals surface area contributed by atoms with Gasteiger partial charge in [0.25, 0.3) is 0 Å². The second kappa shape index (κ2) is 5.83. The van der Waals surface area contributed by atoms with Gasteiger partial charge in [-0.05, 0) is 18.6 Å². The zero-order valence-electron chi connectivity index (χ0n) is 12.2. The largest absolute Gasteiger partial charge is 0.478 e. The lowest BCUT2D eigenvalue weighted by Gasteiger charge is -2.32. The molecule has 0 aliphatic rings. The first-order valence-electron chi connectivity index (χ1n) is 7.00. The van der Waals surface area contributed by atoms with Gasteiger partial charge in [-0.3, -0.25) is 0 Å². The van der Waals surface area contributed by atoms with Crippen LogP contribution in [-0.4, -0.2) is 44.1 Å². The van der Waals surface area contributed by atoms with Gasteiger partial charge in [0.1, 0.15) is 5.82 Å². The molecule has 21 heavy (non-hydrogen) atoms. The Balaban J connectivity index is 2.91. The number of nitrogens with zero attached hydrogens (tertiary/aromatic N) is 2. The standard InChI is InChI=1S/C15H20N2O4/c1-3-12-16-11-7-5-6-10(14(20)21)13(11)17(12)15(4-2,8-18)9-19/h5-7,18-19H,3-4,8-9H2,1-2H3,(H,20,21). The highest BCUT2D eigenvalue weighted by Crippen LogP contribution is 2.30. The van der Waals surface area contributed by atoms with E-state index in [1.54, 1.807) is 16.7 Å². The minimum absolute atomic E-state index is 0.124. The number of hydrogen-bond acceptors (Lipinski definition) is 4. The smallest absolute Gasteiger partial charge is 0.337 e. The average Bonchev–Trinajstić information content (AvgIpc) is 2.89. The molecule has 1 heterocycles. The summed E-state index contributed by atoms with van der Waals surface area (Å²) in [5, 5.41) is 29.0. The summed E-state index contributed by atoms with van der Waals surface area (Å²) in [6.45, 7) is 3.19. The Labute approximate surface area is 122 Å². The number of fused-ring (bicyclic) bond motifs is 1. The van der Waals surface area contributed by atoms with Crippen LogP contribution in [0, 0.1) is 0 Å². The second-order valence-electron chi connectivity index (χ2n) is 5.09. The number of aliphatic hydroxyl groups excluding tert-OH is 2. The number of aromatic nitrogens is 2. The highest BCUT2D eigenvalue weighted by molar-refractivity contribution is 6.01. The monoisotopic (exact) mass is 292 g/mol. The molecule has 2 rings (SSSR count). The molecule has 114 valence electrons. The second-order valence-corrected chi connectivity index (χ2v) is 5.09. The first-order valence-corrected chi connectivity index (χ1v) is 7.00. The maximum absolute atomic E-state index is 11.5. The van der Waals surface area contributed by atoms with Crippen molar-refractivity contribution in [3.8, 4) is 0 Å². The van der Waals surface area contributed by atoms with Gasteiger partial charge in [0.05, 0.1) is 35.3 Å². The van der Waals surface area contributed by atoms with Gasteiger partial charge in [-0.2, -0.15) is 0 Å². The van der Waals surface area contributed by atoms with E-state index in [9.17, 15) is 20.1 Å². The van der Waals surface area contributed by atoms with Gasteiger partial charge >= 0.3 is 5.97 Å². The average molecular weight is 292 g/mol. The van der Waals surface area contributed by atoms with Crippen molar-refractivity contribution in [3.63, 3.8) is 0 Å². The zero-order chi connectivity index (χ0) is 15.6. The van der Waals surface area contributed by atoms with E-state index in [0.717, 1.165) is 0 Å². The minimum atomic E-state index is -1.05. The summed E-state index contributed by atoms with van der Waals surface area (Å²) in [6, 6.07) is 4.90. The Morgan fingerprint density at radius 3 is 2.43 bits per heavy atom. The molecule has 6 heteroatoms. The van der Waals surface area contributed by atoms with Gasteiger partial charge in [0.2, 0.25) is 0 Å². The number of carboxylic acids is 1. The number of benzene rings is 1. The Hall–Kier alpha value is -1.92. The van der Waals surface area contributed by atoms with Crippen LogP contribution in [-0.2, 0) is 12.0 Å². The fourth-order valence-electron chi connectivity index (χ4n) is 2.67. The van der Waals surface area contributed by atoms with Crippen LogP contribution in [0.2, 0.25) is 0 Å². The lowest BCUT2D eigenvalue weighted by atomic mass is 9.96. The molecule has 1 aromatic carbocycles. The van der Waals surface area contributed by atoms with Gasteiger partial charge in [0, 0.05) is 6.42 Å². The Morgan fingerprint density at radius 2 is 1.95 bits per heavy atom. The molecule has 0 saturated heterocycles. The van der Waals surface area contributed by atoms with E-state index in [2.05, 4.69) is 4.98 Å². The van der Waals surface area contributed by atoms with Crippen molar-refractivity contribution in [3.05, 3.63) is 29.6 Å². The molecule has 0 aliphatic carbocycles. The SMILES string of the molecule is CCc1nc2cccc(C(=O)O)c2n1C(CC)(CO)CO. The lowest BCUT2D eigenvalue weighted by molar-refractivity contribution is 0.0597. The Bertz CT molecular complexity index is 651. The van der Waals surface area contributed by atoms with Gasteiger partial charge in [-0.1, -0.05) is 19.9 Å². The summed E-state index contributed by atoms with van der Waals surface area (Å²) in [5.74, 6) is -0.395. The number of rotatable bonds is 6. The summed E-state index contributed by atoms with van der Waals surface area (Å²) in [4.78, 5) is 16.0. The molecule has 3 N–H and O–H groups in total. The molecule has 0 saturated carbocycles. The number of imidazole rings is 1. The summed E-state index contributed by atoms with van der Waals surface area (Å²) >= 11 is 0. The summed E-state index contributed by atoms with van der Waals surface area (Å²) in [5.41, 5.74) is 0.184. The highest BCUT2D eigenvalue weighted by atomic mass is 16.4. The Kier molecular flexibility index (Phi) is 4.29. The number of carboxylic acid groups (broad SMARTS) is 1. The maximum Gasteiger partial charge on any atom is 0.337 e. The maximum atomic E-state index is 11.5. The van der Waals surface area contributed by atoms with Crippen LogP contribution in [0.1, 0.15) is 36.5 Å². The molecule has 0 amide bonds. The number of aryl methyl sites for hydroxylation is 1. The van der Waals surface area contributed by atoms with Gasteiger partial charge in [-0.25, -0.2) is 9.78 Å². The molecule has 0 aliphatic heterocycles. The molecule has 2 aromatic rings. The van der Waals surface area contributed by atoms with Crippen molar-refractivity contribution >= 4 is 17.0 Å². The summed E-state index contributed by atoms with van der Waals surface area (Å²) in [6.07, 6.45) is 1.04. The topological polar surface area (TPSA) is 95.6 Å². The predicted molar refractivity (Wildman–Crippen MR) is 78.5 cm³/mol. The molecule has 0 unspecified atom stereocenters. The summed E-state index contributed by atoms with van der Waals surface area (Å²) < 4.78 is 1.70. The van der Waals surface area contributed by atoms with E-state index in [-0.39, 0.29) is 18.8 Å². The number of carbonyl (C=O) groups is 1. The van der Waals surface area contributed by atoms with Gasteiger partial charge in [0.15, 0.2) is 0 Å². The van der Waals surface area contributed by atoms with Crippen LogP contribution in [0.25, 0.3) is 11.0 Å². The molecule has 6 nitrogen and oxygen atoms in total. The molecular formula is C15H20N2O4. The van der Waals surface area contributed by atoms with Crippen LogP contribution < -0.4 is 0 Å². The molecule has 0 spiro atoms. The predicted octanol–water partition coefficient (Wildman–Crippen LogP) is 1.39. The van der Waals surface area contributed by atoms with E-state index >= 15 is 0 Å². The summed E-state index contributed by atoms with van der Waals surface area (Å²) in [7, 11) is 0. The van der Waals surface area contributed by atoms with Gasteiger partial charge < -0.3 is 19.9 Å². The number of aromatic carboxylic acids is 1. The Morgan fingerprint density at radius 1 is 1.29 bits per heavy atom. The zero-order valence-corrected chi connectivity index (χ0v) is 12.2. The fourth-order valence-corrected chi connectivity index (χ4v) is 2.67. The molecule has 0 fully saturated rings. The van der Waals surface area contributed by atoms with Crippen LogP contribution in [0.5, 0.6) is 0 Å². The first-order chi connectivity index (χ1) is 10.0. The third kappa shape index (κ3) is 2.30. The van der Waals surface area contributed by atoms with E-state index in [1.807, 2.05) is 13.8 Å². The molecule has 0 bridgehead atoms. The van der Waals surface area contributed by atoms with Crippen LogP contribution in [0.3, 0.4) is 0 Å². The van der Waals surface area contributed by atoms with Crippen LogP contribution in [0.15, 0.2) is 18.2 Å². The van der Waals surface area contributed by atoms with E-state index in [4.69, 9.17) is 0 Å². The minimum Gasteiger partial charge on any atom is -0.478 e. The van der Waals surface area contributed by atoms with E-state index < -0.39 is 11.5 Å². The van der Waals surface area contributed by atoms with Crippen molar-refractivity contribution in [2.24, 2.45) is 0 Å². The fraction of sp³-hybridized carbons (Fsp3) is 0.467. The van der Waals surface area contributed by atoms with E-state index in [1.165, 1.54) is 6.07 Å².